The van der Waals surface area contributed by atoms with E-state index in [-0.39, 0.29) is 11.9 Å². The van der Waals surface area contributed by atoms with Crippen molar-refractivity contribution in [2.75, 3.05) is 11.9 Å². The molecule has 0 aliphatic carbocycles. The van der Waals surface area contributed by atoms with Gasteiger partial charge in [-0.05, 0) is 61.2 Å². The first-order valence-electron chi connectivity index (χ1n) is 7.35. The highest BCUT2D eigenvalue weighted by molar-refractivity contribution is 5.65. The number of aryl methyl sites for hydroxylation is 1. The van der Waals surface area contributed by atoms with Gasteiger partial charge in [0, 0.05) is 24.5 Å². The van der Waals surface area contributed by atoms with Gasteiger partial charge in [0.1, 0.15) is 5.82 Å². The topological polar surface area (TPSA) is 29.3 Å². The normalized spacial score (nSPS) is 12.2. The maximum Gasteiger partial charge on any atom is 0.123 e. The zero-order valence-corrected chi connectivity index (χ0v) is 12.9. The van der Waals surface area contributed by atoms with Crippen molar-refractivity contribution in [1.82, 2.24) is 0 Å². The molecule has 1 atom stereocenters. The fourth-order valence-corrected chi connectivity index (χ4v) is 2.47. The standard InChI is InChI=1S/C18H23FN2/c1-4-16(20)12-14-5-10-18(13(2)11-14)21(3)17-8-6-15(19)7-9-17/h5-11,16H,4,12,20H2,1-3H3. The van der Waals surface area contributed by atoms with E-state index in [2.05, 4.69) is 36.9 Å². The fraction of sp³-hybridized carbons (Fsp3) is 0.333. The van der Waals surface area contributed by atoms with Crippen LogP contribution in [0.1, 0.15) is 24.5 Å². The monoisotopic (exact) mass is 286 g/mol. The Morgan fingerprint density at radius 1 is 1.14 bits per heavy atom. The summed E-state index contributed by atoms with van der Waals surface area (Å²) in [5.41, 5.74) is 10.6. The Morgan fingerprint density at radius 3 is 2.38 bits per heavy atom. The van der Waals surface area contributed by atoms with Crippen LogP contribution in [0.4, 0.5) is 15.8 Å². The summed E-state index contributed by atoms with van der Waals surface area (Å²) in [4.78, 5) is 2.07. The third-order valence-electron chi connectivity index (χ3n) is 3.86. The lowest BCUT2D eigenvalue weighted by Crippen LogP contribution is -2.21. The van der Waals surface area contributed by atoms with Gasteiger partial charge in [-0.2, -0.15) is 0 Å². The fourth-order valence-electron chi connectivity index (χ4n) is 2.47. The predicted octanol–water partition coefficient (Wildman–Crippen LogP) is 4.18. The summed E-state index contributed by atoms with van der Waals surface area (Å²) in [7, 11) is 1.99. The number of nitrogens with zero attached hydrogens (tertiary/aromatic N) is 1. The van der Waals surface area contributed by atoms with Crippen LogP contribution in [-0.4, -0.2) is 13.1 Å². The van der Waals surface area contributed by atoms with Crippen LogP contribution in [0.25, 0.3) is 0 Å². The van der Waals surface area contributed by atoms with Gasteiger partial charge in [0.15, 0.2) is 0 Å². The van der Waals surface area contributed by atoms with Crippen LogP contribution < -0.4 is 10.6 Å². The van der Waals surface area contributed by atoms with E-state index in [4.69, 9.17) is 5.73 Å². The minimum atomic E-state index is -0.215. The summed E-state index contributed by atoms with van der Waals surface area (Å²) in [5.74, 6) is -0.215. The van der Waals surface area contributed by atoms with Crippen LogP contribution in [-0.2, 0) is 6.42 Å². The maximum atomic E-state index is 13.0. The second kappa shape index (κ2) is 6.72. The van der Waals surface area contributed by atoms with E-state index < -0.39 is 0 Å². The average molecular weight is 286 g/mol. The first-order valence-corrected chi connectivity index (χ1v) is 7.35. The molecule has 0 aliphatic heterocycles. The number of hydrogen-bond acceptors (Lipinski definition) is 2. The van der Waals surface area contributed by atoms with E-state index >= 15 is 0 Å². The van der Waals surface area contributed by atoms with Crippen LogP contribution in [0.15, 0.2) is 42.5 Å². The molecule has 0 saturated heterocycles. The molecular weight excluding hydrogens is 263 g/mol. The third kappa shape index (κ3) is 3.82. The number of benzene rings is 2. The minimum absolute atomic E-state index is 0.213. The number of hydrogen-bond donors (Lipinski definition) is 1. The molecule has 0 bridgehead atoms. The third-order valence-corrected chi connectivity index (χ3v) is 3.86. The van der Waals surface area contributed by atoms with Gasteiger partial charge in [-0.3, -0.25) is 0 Å². The molecule has 0 aliphatic rings. The molecule has 0 saturated carbocycles. The SMILES string of the molecule is CCC(N)Cc1ccc(N(C)c2ccc(F)cc2)c(C)c1. The largest absolute Gasteiger partial charge is 0.344 e. The molecular formula is C18H23FN2. The van der Waals surface area contributed by atoms with Crippen LogP contribution in [0, 0.1) is 12.7 Å². The molecule has 3 heteroatoms. The van der Waals surface area contributed by atoms with Gasteiger partial charge < -0.3 is 10.6 Å². The molecule has 2 aromatic rings. The van der Waals surface area contributed by atoms with E-state index in [0.29, 0.717) is 0 Å². The van der Waals surface area contributed by atoms with Crippen molar-refractivity contribution in [3.8, 4) is 0 Å². The quantitative estimate of drug-likeness (QED) is 0.893. The summed E-state index contributed by atoms with van der Waals surface area (Å²) >= 11 is 0. The minimum Gasteiger partial charge on any atom is -0.344 e. The summed E-state index contributed by atoms with van der Waals surface area (Å²) in [5, 5.41) is 0. The van der Waals surface area contributed by atoms with Crippen LogP contribution >= 0.6 is 0 Å². The Bertz CT molecular complexity index is 593. The Morgan fingerprint density at radius 2 is 1.81 bits per heavy atom. The van der Waals surface area contributed by atoms with Gasteiger partial charge in [0.05, 0.1) is 0 Å². The molecule has 0 heterocycles. The second-order valence-corrected chi connectivity index (χ2v) is 5.53. The van der Waals surface area contributed by atoms with Gasteiger partial charge in [0.2, 0.25) is 0 Å². The van der Waals surface area contributed by atoms with Crippen molar-refractivity contribution in [3.05, 3.63) is 59.4 Å². The maximum absolute atomic E-state index is 13.0. The highest BCUT2D eigenvalue weighted by atomic mass is 19.1. The van der Waals surface area contributed by atoms with Crippen molar-refractivity contribution in [2.45, 2.75) is 32.7 Å². The molecule has 2 rings (SSSR count). The molecule has 1 unspecified atom stereocenters. The number of anilines is 2. The number of nitrogens with two attached hydrogens (primary N) is 1. The Hall–Kier alpha value is -1.87. The lowest BCUT2D eigenvalue weighted by atomic mass is 10.0. The number of rotatable bonds is 5. The molecule has 0 radical (unpaired) electrons. The van der Waals surface area contributed by atoms with E-state index in [1.54, 1.807) is 12.1 Å². The van der Waals surface area contributed by atoms with Crippen LogP contribution in [0.5, 0.6) is 0 Å². The van der Waals surface area contributed by atoms with E-state index in [1.807, 2.05) is 7.05 Å². The zero-order valence-electron chi connectivity index (χ0n) is 12.9. The second-order valence-electron chi connectivity index (χ2n) is 5.53. The molecule has 0 fully saturated rings. The summed E-state index contributed by atoms with van der Waals surface area (Å²) in [6.07, 6.45) is 1.88. The van der Waals surface area contributed by atoms with Gasteiger partial charge in [0.25, 0.3) is 0 Å². The zero-order chi connectivity index (χ0) is 15.4. The highest BCUT2D eigenvalue weighted by Crippen LogP contribution is 2.27. The molecule has 21 heavy (non-hydrogen) atoms. The van der Waals surface area contributed by atoms with Gasteiger partial charge in [-0.25, -0.2) is 4.39 Å². The van der Waals surface area contributed by atoms with Gasteiger partial charge in [-0.1, -0.05) is 19.1 Å². The molecule has 2 N–H and O–H groups in total. The van der Waals surface area contributed by atoms with Crippen molar-refractivity contribution < 1.29 is 4.39 Å². The van der Waals surface area contributed by atoms with Crippen molar-refractivity contribution in [3.63, 3.8) is 0 Å². The molecule has 112 valence electrons. The Balaban J connectivity index is 2.22. The first kappa shape index (κ1) is 15.5. The van der Waals surface area contributed by atoms with Crippen molar-refractivity contribution in [2.24, 2.45) is 5.73 Å². The smallest absolute Gasteiger partial charge is 0.123 e. The summed E-state index contributed by atoms with van der Waals surface area (Å²) < 4.78 is 13.0. The predicted molar refractivity (Wildman–Crippen MR) is 87.6 cm³/mol. The van der Waals surface area contributed by atoms with Crippen molar-refractivity contribution in [1.29, 1.82) is 0 Å². The first-order chi connectivity index (χ1) is 10.0. The molecule has 0 amide bonds. The van der Waals surface area contributed by atoms with Crippen molar-refractivity contribution >= 4 is 11.4 Å². The average Bonchev–Trinajstić information content (AvgIpc) is 2.47. The molecule has 0 spiro atoms. The lowest BCUT2D eigenvalue weighted by molar-refractivity contribution is 0.628. The van der Waals surface area contributed by atoms with Crippen LogP contribution in [0.2, 0.25) is 0 Å². The Kier molecular flexibility index (Phi) is 4.97. The molecule has 2 aromatic carbocycles. The lowest BCUT2D eigenvalue weighted by Gasteiger charge is -2.22. The summed E-state index contributed by atoms with van der Waals surface area (Å²) in [6, 6.07) is 13.2. The highest BCUT2D eigenvalue weighted by Gasteiger charge is 2.09. The summed E-state index contributed by atoms with van der Waals surface area (Å²) in [6.45, 7) is 4.20. The van der Waals surface area contributed by atoms with Gasteiger partial charge in [-0.15, -0.1) is 0 Å². The molecule has 0 aromatic heterocycles. The van der Waals surface area contributed by atoms with E-state index in [1.165, 1.54) is 23.3 Å². The van der Waals surface area contributed by atoms with Crippen LogP contribution in [0.3, 0.4) is 0 Å². The molecule has 2 nitrogen and oxygen atoms in total. The van der Waals surface area contributed by atoms with E-state index in [0.717, 1.165) is 24.2 Å². The van der Waals surface area contributed by atoms with E-state index in [9.17, 15) is 4.39 Å². The van der Waals surface area contributed by atoms with Gasteiger partial charge >= 0.3 is 0 Å². The Labute approximate surface area is 126 Å². The number of halogens is 1.